The quantitative estimate of drug-likeness (QED) is 0.468. The summed E-state index contributed by atoms with van der Waals surface area (Å²) in [6.07, 6.45) is 0. The molecule has 5 heteroatoms. The minimum Gasteiger partial charge on any atom is -0.497 e. The van der Waals surface area contributed by atoms with Crippen molar-refractivity contribution in [2.45, 2.75) is 6.04 Å². The highest BCUT2D eigenvalue weighted by Crippen LogP contribution is 2.42. The standard InChI is InChI=1S/C26H26N2O3/c1-30-21-13-11-20(12-14-21)25(27-15-17-31-18-16-27)24-22-9-5-6-10-23(22)28(29)26(24)19-7-3-2-4-8-19/h2-14,25,29H,15-18H2,1H3. The molecule has 1 aromatic heterocycles. The van der Waals surface area contributed by atoms with E-state index in [-0.39, 0.29) is 6.04 Å². The Morgan fingerprint density at radius 1 is 0.871 bits per heavy atom. The zero-order chi connectivity index (χ0) is 21.2. The van der Waals surface area contributed by atoms with Crippen molar-refractivity contribution in [1.82, 2.24) is 9.63 Å². The number of benzene rings is 3. The van der Waals surface area contributed by atoms with Gasteiger partial charge in [0.2, 0.25) is 0 Å². The SMILES string of the molecule is COc1ccc(C(c2c(-c3ccccc3)n(O)c3ccccc23)N2CCOCC2)cc1. The molecule has 1 N–H and O–H groups in total. The van der Waals surface area contributed by atoms with Crippen LogP contribution in [0.5, 0.6) is 5.75 Å². The Morgan fingerprint density at radius 2 is 1.55 bits per heavy atom. The number of para-hydroxylation sites is 1. The molecule has 0 aliphatic carbocycles. The van der Waals surface area contributed by atoms with Crippen molar-refractivity contribution >= 4 is 10.9 Å². The van der Waals surface area contributed by atoms with E-state index in [9.17, 15) is 5.21 Å². The highest BCUT2D eigenvalue weighted by atomic mass is 16.5. The summed E-state index contributed by atoms with van der Waals surface area (Å²) in [5.41, 5.74) is 4.90. The third-order valence-electron chi connectivity index (χ3n) is 6.05. The molecule has 1 saturated heterocycles. The van der Waals surface area contributed by atoms with Crippen molar-refractivity contribution in [3.05, 3.63) is 90.0 Å². The number of morpholine rings is 1. The molecule has 1 aliphatic rings. The predicted octanol–water partition coefficient (Wildman–Crippen LogP) is 4.98. The second-order valence-electron chi connectivity index (χ2n) is 7.78. The lowest BCUT2D eigenvalue weighted by atomic mass is 9.92. The van der Waals surface area contributed by atoms with E-state index in [4.69, 9.17) is 9.47 Å². The number of hydrogen-bond donors (Lipinski definition) is 1. The summed E-state index contributed by atoms with van der Waals surface area (Å²) >= 11 is 0. The van der Waals surface area contributed by atoms with Crippen molar-refractivity contribution in [3.63, 3.8) is 0 Å². The van der Waals surface area contributed by atoms with Gasteiger partial charge in [-0.1, -0.05) is 60.7 Å². The van der Waals surface area contributed by atoms with Gasteiger partial charge in [0.25, 0.3) is 0 Å². The molecule has 0 saturated carbocycles. The van der Waals surface area contributed by atoms with Crippen LogP contribution in [0.1, 0.15) is 17.2 Å². The number of hydrogen-bond acceptors (Lipinski definition) is 4. The van der Waals surface area contributed by atoms with Crippen LogP contribution in [0.2, 0.25) is 0 Å². The maximum absolute atomic E-state index is 11.3. The van der Waals surface area contributed by atoms with Gasteiger partial charge in [0.15, 0.2) is 0 Å². The molecular formula is C26H26N2O3. The van der Waals surface area contributed by atoms with Crippen molar-refractivity contribution in [2.75, 3.05) is 33.4 Å². The lowest BCUT2D eigenvalue weighted by molar-refractivity contribution is 0.0241. The highest BCUT2D eigenvalue weighted by molar-refractivity contribution is 5.92. The minimum absolute atomic E-state index is 0.0247. The Morgan fingerprint density at radius 3 is 2.26 bits per heavy atom. The molecule has 1 atom stereocenters. The van der Waals surface area contributed by atoms with Crippen LogP contribution in [0, 0.1) is 0 Å². The first-order chi connectivity index (χ1) is 15.3. The average Bonchev–Trinajstić information content (AvgIpc) is 3.13. The second kappa shape index (κ2) is 8.46. The van der Waals surface area contributed by atoms with E-state index < -0.39 is 0 Å². The smallest absolute Gasteiger partial charge is 0.118 e. The van der Waals surface area contributed by atoms with Gasteiger partial charge in [0, 0.05) is 29.6 Å². The number of rotatable bonds is 5. The number of aromatic nitrogens is 1. The van der Waals surface area contributed by atoms with E-state index in [1.54, 1.807) is 7.11 Å². The first kappa shape index (κ1) is 19.7. The van der Waals surface area contributed by atoms with Crippen LogP contribution in [-0.4, -0.2) is 48.3 Å². The highest BCUT2D eigenvalue weighted by Gasteiger charge is 2.31. The van der Waals surface area contributed by atoms with Crippen LogP contribution in [0.25, 0.3) is 22.2 Å². The maximum atomic E-state index is 11.3. The summed E-state index contributed by atoms with van der Waals surface area (Å²) in [4.78, 5) is 2.44. The fourth-order valence-electron chi connectivity index (χ4n) is 4.58. The fourth-order valence-corrected chi connectivity index (χ4v) is 4.58. The van der Waals surface area contributed by atoms with Crippen LogP contribution < -0.4 is 4.74 Å². The summed E-state index contributed by atoms with van der Waals surface area (Å²) in [5.74, 6) is 0.831. The molecule has 0 amide bonds. The molecule has 1 unspecified atom stereocenters. The zero-order valence-corrected chi connectivity index (χ0v) is 17.6. The lowest BCUT2D eigenvalue weighted by Crippen LogP contribution is -2.39. The van der Waals surface area contributed by atoms with Crippen LogP contribution in [0.3, 0.4) is 0 Å². The molecule has 31 heavy (non-hydrogen) atoms. The van der Waals surface area contributed by atoms with Crippen LogP contribution >= 0.6 is 0 Å². The summed E-state index contributed by atoms with van der Waals surface area (Å²) in [5, 5.41) is 12.3. The van der Waals surface area contributed by atoms with Crippen LogP contribution in [0.15, 0.2) is 78.9 Å². The number of fused-ring (bicyclic) bond motifs is 1. The van der Waals surface area contributed by atoms with Crippen molar-refractivity contribution in [3.8, 4) is 17.0 Å². The topological polar surface area (TPSA) is 46.9 Å². The molecule has 158 valence electrons. The average molecular weight is 415 g/mol. The molecule has 0 radical (unpaired) electrons. The fraction of sp³-hybridized carbons (Fsp3) is 0.231. The summed E-state index contributed by atoms with van der Waals surface area (Å²) in [7, 11) is 1.68. The predicted molar refractivity (Wildman–Crippen MR) is 122 cm³/mol. The molecule has 1 aliphatic heterocycles. The van der Waals surface area contributed by atoms with Gasteiger partial charge in [-0.05, 0) is 23.8 Å². The normalized spacial score (nSPS) is 15.8. The maximum Gasteiger partial charge on any atom is 0.118 e. The van der Waals surface area contributed by atoms with E-state index in [0.29, 0.717) is 13.2 Å². The van der Waals surface area contributed by atoms with E-state index in [0.717, 1.165) is 52.1 Å². The minimum atomic E-state index is -0.0247. The van der Waals surface area contributed by atoms with Gasteiger partial charge >= 0.3 is 0 Å². The molecule has 1 fully saturated rings. The van der Waals surface area contributed by atoms with Crippen molar-refractivity contribution in [2.24, 2.45) is 0 Å². The Balaban J connectivity index is 1.78. The van der Waals surface area contributed by atoms with E-state index in [1.807, 2.05) is 48.5 Å². The van der Waals surface area contributed by atoms with Crippen LogP contribution in [-0.2, 0) is 4.74 Å². The Labute approximate surface area is 182 Å². The molecular weight excluding hydrogens is 388 g/mol. The van der Waals surface area contributed by atoms with E-state index >= 15 is 0 Å². The third-order valence-corrected chi connectivity index (χ3v) is 6.05. The van der Waals surface area contributed by atoms with Crippen molar-refractivity contribution in [1.29, 1.82) is 0 Å². The Kier molecular flexibility index (Phi) is 5.37. The van der Waals surface area contributed by atoms with E-state index in [2.05, 4.69) is 35.2 Å². The molecule has 0 bridgehead atoms. The molecule has 0 spiro atoms. The third kappa shape index (κ3) is 3.56. The Bertz CT molecular complexity index is 1160. The van der Waals surface area contributed by atoms with Gasteiger partial charge in [0.1, 0.15) is 5.75 Å². The monoisotopic (exact) mass is 414 g/mol. The first-order valence-corrected chi connectivity index (χ1v) is 10.6. The van der Waals surface area contributed by atoms with Gasteiger partial charge < -0.3 is 14.7 Å². The number of methoxy groups -OCH3 is 1. The second-order valence-corrected chi connectivity index (χ2v) is 7.78. The molecule has 3 aromatic carbocycles. The van der Waals surface area contributed by atoms with Gasteiger partial charge in [0.05, 0.1) is 37.6 Å². The zero-order valence-electron chi connectivity index (χ0n) is 17.6. The summed E-state index contributed by atoms with van der Waals surface area (Å²) in [6.45, 7) is 3.06. The lowest BCUT2D eigenvalue weighted by Gasteiger charge is -2.35. The largest absolute Gasteiger partial charge is 0.497 e. The molecule has 5 rings (SSSR count). The van der Waals surface area contributed by atoms with Gasteiger partial charge in [-0.25, -0.2) is 0 Å². The summed E-state index contributed by atoms with van der Waals surface area (Å²) < 4.78 is 12.4. The molecule has 4 aromatic rings. The number of nitrogens with zero attached hydrogens (tertiary/aromatic N) is 2. The Hall–Kier alpha value is -3.28. The van der Waals surface area contributed by atoms with Gasteiger partial charge in [-0.3, -0.25) is 4.90 Å². The molecule has 5 nitrogen and oxygen atoms in total. The van der Waals surface area contributed by atoms with Gasteiger partial charge in [-0.15, -0.1) is 0 Å². The first-order valence-electron chi connectivity index (χ1n) is 10.6. The number of ether oxygens (including phenoxy) is 2. The van der Waals surface area contributed by atoms with Gasteiger partial charge in [-0.2, -0.15) is 4.73 Å². The van der Waals surface area contributed by atoms with Crippen molar-refractivity contribution < 1.29 is 14.7 Å². The van der Waals surface area contributed by atoms with E-state index in [1.165, 1.54) is 4.73 Å². The summed E-state index contributed by atoms with van der Waals surface area (Å²) in [6, 6.07) is 26.4. The van der Waals surface area contributed by atoms with Crippen LogP contribution in [0.4, 0.5) is 0 Å². The molecule has 2 heterocycles.